The molecule has 0 amide bonds. The van der Waals surface area contributed by atoms with E-state index in [4.69, 9.17) is 0 Å². The average Bonchev–Trinajstić information content (AvgIpc) is 2.64. The van der Waals surface area contributed by atoms with E-state index in [2.05, 4.69) is 20.6 Å². The molecule has 0 saturated heterocycles. The molecular weight excluding hydrogens is 324 g/mol. The van der Waals surface area contributed by atoms with Gasteiger partial charge in [-0.3, -0.25) is 4.79 Å². The Labute approximate surface area is 152 Å². The molecule has 0 atom stereocenters. The van der Waals surface area contributed by atoms with Gasteiger partial charge in [0.2, 0.25) is 5.95 Å². The molecule has 1 aromatic heterocycles. The molecule has 2 N–H and O–H groups in total. The second-order valence-electron chi connectivity index (χ2n) is 6.48. The summed E-state index contributed by atoms with van der Waals surface area (Å²) >= 11 is 0. The molecular formula is C21H20N4O. The lowest BCUT2D eigenvalue weighted by atomic mass is 9.95. The van der Waals surface area contributed by atoms with E-state index in [1.165, 1.54) is 5.56 Å². The number of nitrogens with one attached hydrogen (secondary N) is 2. The molecule has 4 rings (SSSR count). The molecule has 0 aliphatic heterocycles. The largest absolute Gasteiger partial charge is 0.339 e. The Hall–Kier alpha value is -3.21. The van der Waals surface area contributed by atoms with Crippen molar-refractivity contribution in [1.82, 2.24) is 9.97 Å². The van der Waals surface area contributed by atoms with Gasteiger partial charge >= 0.3 is 0 Å². The molecule has 0 fully saturated rings. The lowest BCUT2D eigenvalue weighted by Crippen LogP contribution is -2.17. The monoisotopic (exact) mass is 344 g/mol. The minimum atomic E-state index is 0.103. The highest BCUT2D eigenvalue weighted by Crippen LogP contribution is 2.29. The summed E-state index contributed by atoms with van der Waals surface area (Å²) in [5.74, 6) is 1.17. The highest BCUT2D eigenvalue weighted by atomic mass is 16.1. The van der Waals surface area contributed by atoms with Gasteiger partial charge in [-0.2, -0.15) is 4.98 Å². The van der Waals surface area contributed by atoms with Crippen LogP contribution in [0.2, 0.25) is 0 Å². The Morgan fingerprint density at radius 1 is 0.846 bits per heavy atom. The summed E-state index contributed by atoms with van der Waals surface area (Å²) in [6.45, 7) is 2.05. The van der Waals surface area contributed by atoms with E-state index < -0.39 is 0 Å². The Kier molecular flexibility index (Phi) is 4.35. The van der Waals surface area contributed by atoms with Crippen molar-refractivity contribution in [1.29, 1.82) is 0 Å². The van der Waals surface area contributed by atoms with Crippen LogP contribution in [0.5, 0.6) is 0 Å². The summed E-state index contributed by atoms with van der Waals surface area (Å²) in [6, 6.07) is 17.8. The van der Waals surface area contributed by atoms with Crippen molar-refractivity contribution in [2.45, 2.75) is 26.2 Å². The number of aromatic nitrogens is 2. The number of fused-ring (bicyclic) bond motifs is 1. The van der Waals surface area contributed by atoms with E-state index in [9.17, 15) is 4.79 Å². The topological polar surface area (TPSA) is 66.9 Å². The first-order valence-corrected chi connectivity index (χ1v) is 8.79. The van der Waals surface area contributed by atoms with Gasteiger partial charge in [-0.05, 0) is 44.0 Å². The minimum Gasteiger partial charge on any atom is -0.339 e. The first-order valence-electron chi connectivity index (χ1n) is 8.79. The fourth-order valence-corrected chi connectivity index (χ4v) is 3.09. The standard InChI is InChI=1S/C21H20N4O/c1-14-10-12-16(13-11-14)23-21-24-17-8-5-9-18(26)19(17)20(25-21)22-15-6-3-2-4-7-15/h2-4,6-7,10-13H,5,8-9H2,1H3,(H2,22,23,24,25). The number of hydrogen-bond donors (Lipinski definition) is 2. The number of nitrogens with zero attached hydrogens (tertiary/aromatic N) is 2. The highest BCUT2D eigenvalue weighted by Gasteiger charge is 2.24. The van der Waals surface area contributed by atoms with E-state index >= 15 is 0 Å². The van der Waals surface area contributed by atoms with Crippen LogP contribution in [0, 0.1) is 6.92 Å². The van der Waals surface area contributed by atoms with Crippen molar-refractivity contribution < 1.29 is 4.79 Å². The van der Waals surface area contributed by atoms with Crippen LogP contribution >= 0.6 is 0 Å². The summed E-state index contributed by atoms with van der Waals surface area (Å²) in [4.78, 5) is 21.7. The van der Waals surface area contributed by atoms with Crippen LogP contribution in [0.4, 0.5) is 23.1 Å². The highest BCUT2D eigenvalue weighted by molar-refractivity contribution is 6.03. The normalized spacial score (nSPS) is 13.2. The number of carbonyl (C=O) groups is 1. The van der Waals surface area contributed by atoms with Gasteiger partial charge < -0.3 is 10.6 Å². The van der Waals surface area contributed by atoms with E-state index in [0.717, 1.165) is 29.9 Å². The molecule has 1 aliphatic rings. The third-order valence-electron chi connectivity index (χ3n) is 4.42. The molecule has 0 spiro atoms. The fraction of sp³-hybridized carbons (Fsp3) is 0.190. The van der Waals surface area contributed by atoms with Gasteiger partial charge in [0.05, 0.1) is 11.3 Å². The van der Waals surface area contributed by atoms with Crippen LogP contribution in [0.3, 0.4) is 0 Å². The molecule has 3 aromatic rings. The van der Waals surface area contributed by atoms with Gasteiger partial charge in [-0.15, -0.1) is 0 Å². The second kappa shape index (κ2) is 6.96. The van der Waals surface area contributed by atoms with Crippen molar-refractivity contribution >= 4 is 28.9 Å². The number of ketones is 1. The molecule has 0 saturated carbocycles. The SMILES string of the molecule is Cc1ccc(Nc2nc3c(c(Nc4ccccc4)n2)C(=O)CCC3)cc1. The Balaban J connectivity index is 1.72. The first kappa shape index (κ1) is 16.3. The minimum absolute atomic E-state index is 0.103. The van der Waals surface area contributed by atoms with Crippen LogP contribution in [0.1, 0.15) is 34.5 Å². The molecule has 130 valence electrons. The van der Waals surface area contributed by atoms with Gasteiger partial charge in [0.15, 0.2) is 5.78 Å². The smallest absolute Gasteiger partial charge is 0.229 e. The summed E-state index contributed by atoms with van der Waals surface area (Å²) in [7, 11) is 0. The third-order valence-corrected chi connectivity index (χ3v) is 4.42. The molecule has 1 aliphatic carbocycles. The number of benzene rings is 2. The summed E-state index contributed by atoms with van der Waals surface area (Å²) in [5, 5.41) is 6.53. The summed E-state index contributed by atoms with van der Waals surface area (Å²) in [5.41, 5.74) is 4.44. The second-order valence-corrected chi connectivity index (χ2v) is 6.48. The fourth-order valence-electron chi connectivity index (χ4n) is 3.09. The maximum atomic E-state index is 12.5. The van der Waals surface area contributed by atoms with Crippen molar-refractivity contribution in [3.63, 3.8) is 0 Å². The number of carbonyl (C=O) groups excluding carboxylic acids is 1. The number of hydrogen-bond acceptors (Lipinski definition) is 5. The maximum absolute atomic E-state index is 12.5. The zero-order chi connectivity index (χ0) is 17.9. The Bertz CT molecular complexity index is 936. The molecule has 0 unspecified atom stereocenters. The number of Topliss-reactive ketones (excluding diaryl/α,β-unsaturated/α-hetero) is 1. The van der Waals surface area contributed by atoms with Crippen molar-refractivity contribution in [2.75, 3.05) is 10.6 Å². The third kappa shape index (κ3) is 3.42. The van der Waals surface area contributed by atoms with Crippen LogP contribution in [-0.4, -0.2) is 15.8 Å². The van der Waals surface area contributed by atoms with Crippen LogP contribution < -0.4 is 10.6 Å². The molecule has 0 bridgehead atoms. The molecule has 5 heteroatoms. The van der Waals surface area contributed by atoms with Crippen molar-refractivity contribution in [2.24, 2.45) is 0 Å². The molecule has 26 heavy (non-hydrogen) atoms. The molecule has 0 radical (unpaired) electrons. The quantitative estimate of drug-likeness (QED) is 0.712. The number of anilines is 4. The van der Waals surface area contributed by atoms with Gasteiger partial charge in [0.1, 0.15) is 5.82 Å². The van der Waals surface area contributed by atoms with E-state index in [1.807, 2.05) is 61.5 Å². The number of para-hydroxylation sites is 1. The average molecular weight is 344 g/mol. The number of rotatable bonds is 4. The summed E-state index contributed by atoms with van der Waals surface area (Å²) in [6.07, 6.45) is 2.16. The van der Waals surface area contributed by atoms with Crippen LogP contribution in [0.15, 0.2) is 54.6 Å². The van der Waals surface area contributed by atoms with Crippen LogP contribution in [-0.2, 0) is 6.42 Å². The predicted molar refractivity (Wildman–Crippen MR) is 103 cm³/mol. The lowest BCUT2D eigenvalue weighted by Gasteiger charge is -2.19. The predicted octanol–water partition coefficient (Wildman–Crippen LogP) is 4.79. The Morgan fingerprint density at radius 2 is 1.58 bits per heavy atom. The summed E-state index contributed by atoms with van der Waals surface area (Å²) < 4.78 is 0. The molecule has 1 heterocycles. The zero-order valence-corrected chi connectivity index (χ0v) is 14.6. The van der Waals surface area contributed by atoms with Crippen molar-refractivity contribution in [3.8, 4) is 0 Å². The van der Waals surface area contributed by atoms with Gasteiger partial charge in [-0.25, -0.2) is 4.98 Å². The Morgan fingerprint density at radius 3 is 2.35 bits per heavy atom. The van der Waals surface area contributed by atoms with Gasteiger partial charge in [0, 0.05) is 17.8 Å². The zero-order valence-electron chi connectivity index (χ0n) is 14.6. The van der Waals surface area contributed by atoms with E-state index in [1.54, 1.807) is 0 Å². The molecule has 2 aromatic carbocycles. The van der Waals surface area contributed by atoms with Crippen molar-refractivity contribution in [3.05, 3.63) is 71.4 Å². The van der Waals surface area contributed by atoms with Crippen LogP contribution in [0.25, 0.3) is 0 Å². The first-order chi connectivity index (χ1) is 12.7. The lowest BCUT2D eigenvalue weighted by molar-refractivity contribution is 0.0972. The van der Waals surface area contributed by atoms with Gasteiger partial charge in [-0.1, -0.05) is 35.9 Å². The van der Waals surface area contributed by atoms with Gasteiger partial charge in [0.25, 0.3) is 0 Å². The van der Waals surface area contributed by atoms with E-state index in [-0.39, 0.29) is 5.78 Å². The number of aryl methyl sites for hydroxylation is 2. The van der Waals surface area contributed by atoms with E-state index in [0.29, 0.717) is 23.8 Å². The molecule has 5 nitrogen and oxygen atoms in total. The maximum Gasteiger partial charge on any atom is 0.229 e.